The summed E-state index contributed by atoms with van der Waals surface area (Å²) in [6.07, 6.45) is 5.25. The third kappa shape index (κ3) is 8.53. The second-order valence-corrected chi connectivity index (χ2v) is 14.7. The predicted octanol–water partition coefficient (Wildman–Crippen LogP) is 4.48. The maximum Gasteiger partial charge on any atom is 0.247 e. The van der Waals surface area contributed by atoms with Gasteiger partial charge in [-0.15, -0.1) is 22.6 Å². The van der Waals surface area contributed by atoms with E-state index in [1.165, 1.54) is 0 Å². The van der Waals surface area contributed by atoms with Crippen molar-refractivity contribution in [3.05, 3.63) is 77.9 Å². The van der Waals surface area contributed by atoms with Crippen LogP contribution in [0.25, 0.3) is 22.5 Å². The number of tetrazole rings is 1. The number of nitrogens with zero attached hydrogens (tertiary/aromatic N) is 4. The number of nitrogens with two attached hydrogens (primary N) is 1. The van der Waals surface area contributed by atoms with Crippen molar-refractivity contribution >= 4 is 39.9 Å². The molecular formula is C35H43ClN8O4S. The number of hydrogen-bond donors (Lipinski definition) is 4. The van der Waals surface area contributed by atoms with Gasteiger partial charge in [0.25, 0.3) is 0 Å². The normalized spacial score (nSPS) is 18.7. The minimum atomic E-state index is -3.59. The molecule has 6 rings (SSSR count). The number of aromatic nitrogens is 4. The Labute approximate surface area is 293 Å². The van der Waals surface area contributed by atoms with Crippen LogP contribution in [0.15, 0.2) is 71.6 Å². The van der Waals surface area contributed by atoms with Gasteiger partial charge in [-0.3, -0.25) is 9.59 Å². The van der Waals surface area contributed by atoms with Gasteiger partial charge in [-0.1, -0.05) is 30.3 Å². The zero-order chi connectivity index (χ0) is 33.7. The first-order valence-electron chi connectivity index (χ1n) is 16.6. The molecule has 260 valence electrons. The number of benzene rings is 3. The lowest BCUT2D eigenvalue weighted by Gasteiger charge is -2.28. The van der Waals surface area contributed by atoms with E-state index >= 15 is 0 Å². The minimum Gasteiger partial charge on any atom is -0.344 e. The number of aryl methyl sites for hydroxylation is 1. The van der Waals surface area contributed by atoms with Gasteiger partial charge in [0.05, 0.1) is 4.90 Å². The lowest BCUT2D eigenvalue weighted by atomic mass is 9.81. The molecule has 3 aromatic carbocycles. The Hall–Kier alpha value is -4.17. The van der Waals surface area contributed by atoms with E-state index in [1.54, 1.807) is 40.7 Å². The fourth-order valence-electron chi connectivity index (χ4n) is 6.63. The number of halogens is 1. The van der Waals surface area contributed by atoms with E-state index in [1.807, 2.05) is 37.3 Å². The third-order valence-corrected chi connectivity index (χ3v) is 11.4. The average Bonchev–Trinajstić information content (AvgIpc) is 3.85. The average molecular weight is 707 g/mol. The molecule has 2 amide bonds. The molecule has 1 saturated carbocycles. The fourth-order valence-corrected chi connectivity index (χ4v) is 8.17. The molecule has 12 nitrogen and oxygen atoms in total. The van der Waals surface area contributed by atoms with Crippen molar-refractivity contribution in [3.8, 4) is 22.5 Å². The van der Waals surface area contributed by atoms with Crippen LogP contribution in [-0.4, -0.2) is 70.8 Å². The van der Waals surface area contributed by atoms with Crippen LogP contribution in [0.3, 0.4) is 0 Å². The van der Waals surface area contributed by atoms with Gasteiger partial charge in [0, 0.05) is 36.7 Å². The number of carbonyl (C=O) groups is 2. The van der Waals surface area contributed by atoms with Crippen molar-refractivity contribution in [2.45, 2.75) is 62.8 Å². The first kappa shape index (κ1) is 36.1. The number of amides is 2. The summed E-state index contributed by atoms with van der Waals surface area (Å²) >= 11 is 0. The summed E-state index contributed by atoms with van der Waals surface area (Å²) in [6.45, 7) is 3.64. The SMILES string of the molecule is Cc1ccc(S(=O)(=O)N2CCCC2)cc1-c1cccc(C[C@H](NC(=O)C2CCC(CN)CC2)C(=O)Nc2ccc(-c3nn[nH]n3)cc2)c1.Cl. The Bertz CT molecular complexity index is 1840. The van der Waals surface area contributed by atoms with E-state index in [4.69, 9.17) is 5.73 Å². The summed E-state index contributed by atoms with van der Waals surface area (Å²) in [6, 6.07) is 19.2. The van der Waals surface area contributed by atoms with E-state index in [0.717, 1.165) is 66.3 Å². The van der Waals surface area contributed by atoms with Gasteiger partial charge in [0.15, 0.2) is 0 Å². The molecule has 1 aliphatic heterocycles. The van der Waals surface area contributed by atoms with E-state index in [9.17, 15) is 18.0 Å². The number of aromatic amines is 1. The van der Waals surface area contributed by atoms with Gasteiger partial charge >= 0.3 is 0 Å². The smallest absolute Gasteiger partial charge is 0.247 e. The third-order valence-electron chi connectivity index (χ3n) is 9.53. The molecule has 1 saturated heterocycles. The first-order chi connectivity index (χ1) is 23.2. The number of hydrogen-bond acceptors (Lipinski definition) is 8. The molecular weight excluding hydrogens is 664 g/mol. The van der Waals surface area contributed by atoms with Gasteiger partial charge in [-0.05, 0) is 122 Å². The summed E-state index contributed by atoms with van der Waals surface area (Å²) in [5.41, 5.74) is 10.6. The molecule has 1 aliphatic carbocycles. The predicted molar refractivity (Wildman–Crippen MR) is 190 cm³/mol. The monoisotopic (exact) mass is 706 g/mol. The van der Waals surface area contributed by atoms with Crippen LogP contribution in [0.1, 0.15) is 49.7 Å². The number of carbonyl (C=O) groups excluding carboxylic acids is 2. The van der Waals surface area contributed by atoms with E-state index < -0.39 is 16.1 Å². The Morgan fingerprint density at radius 2 is 1.71 bits per heavy atom. The Balaban J connectivity index is 0.00000468. The molecule has 0 spiro atoms. The van der Waals surface area contributed by atoms with Gasteiger partial charge in [-0.2, -0.15) is 9.52 Å². The van der Waals surface area contributed by atoms with Crippen LogP contribution >= 0.6 is 12.4 Å². The van der Waals surface area contributed by atoms with Crippen molar-refractivity contribution < 1.29 is 18.0 Å². The van der Waals surface area contributed by atoms with Crippen LogP contribution in [0.2, 0.25) is 0 Å². The molecule has 49 heavy (non-hydrogen) atoms. The maximum absolute atomic E-state index is 13.8. The summed E-state index contributed by atoms with van der Waals surface area (Å²) in [5, 5.41) is 20.0. The largest absolute Gasteiger partial charge is 0.344 e. The number of rotatable bonds is 11. The zero-order valence-electron chi connectivity index (χ0n) is 27.5. The van der Waals surface area contributed by atoms with E-state index in [2.05, 4.69) is 31.3 Å². The molecule has 0 radical (unpaired) electrons. The molecule has 14 heteroatoms. The second-order valence-electron chi connectivity index (χ2n) is 12.8. The van der Waals surface area contributed by atoms with Crippen LogP contribution in [-0.2, 0) is 26.0 Å². The van der Waals surface area contributed by atoms with Crippen molar-refractivity contribution in [2.75, 3.05) is 25.0 Å². The summed E-state index contributed by atoms with van der Waals surface area (Å²) < 4.78 is 28.2. The van der Waals surface area contributed by atoms with Gasteiger partial charge < -0.3 is 16.4 Å². The molecule has 2 fully saturated rings. The molecule has 1 atom stereocenters. The second kappa shape index (κ2) is 16.0. The highest BCUT2D eigenvalue weighted by molar-refractivity contribution is 7.89. The molecule has 5 N–H and O–H groups in total. The quantitative estimate of drug-likeness (QED) is 0.177. The first-order valence-corrected chi connectivity index (χ1v) is 18.0. The van der Waals surface area contributed by atoms with Gasteiger partial charge in [-0.25, -0.2) is 8.42 Å². The molecule has 2 aliphatic rings. The summed E-state index contributed by atoms with van der Waals surface area (Å²) in [5.74, 6) is 0.221. The van der Waals surface area contributed by atoms with Crippen LogP contribution in [0.4, 0.5) is 5.69 Å². The van der Waals surface area contributed by atoms with Crippen LogP contribution < -0.4 is 16.4 Å². The Morgan fingerprint density at radius 1 is 0.980 bits per heavy atom. The van der Waals surface area contributed by atoms with Gasteiger partial charge in [0.1, 0.15) is 6.04 Å². The number of H-pyrrole nitrogens is 1. The van der Waals surface area contributed by atoms with Crippen molar-refractivity contribution in [2.24, 2.45) is 17.6 Å². The standard InChI is InChI=1S/C35H42N8O4S.ClH/c1-23-7-16-30(48(46,47)43-17-2-3-18-43)21-31(23)28-6-4-5-25(19-28)20-32(38-34(44)27-10-8-24(22-36)9-11-27)35(45)37-29-14-12-26(13-15-29)33-39-41-42-40-33;/h4-7,12-16,19,21,24,27,32H,2-3,8-11,17-18,20,22,36H2,1H3,(H,37,45)(H,38,44)(H,39,40,41,42);1H/t24?,27?,32-;/m0./s1. The van der Waals surface area contributed by atoms with Gasteiger partial charge in [0.2, 0.25) is 27.7 Å². The topological polar surface area (TPSA) is 176 Å². The summed E-state index contributed by atoms with van der Waals surface area (Å²) in [4.78, 5) is 27.6. The van der Waals surface area contributed by atoms with Crippen molar-refractivity contribution in [1.82, 2.24) is 30.2 Å². The zero-order valence-corrected chi connectivity index (χ0v) is 29.1. The lowest BCUT2D eigenvalue weighted by Crippen LogP contribution is -2.48. The number of sulfonamides is 1. The molecule has 4 aromatic rings. The highest BCUT2D eigenvalue weighted by Gasteiger charge is 2.30. The lowest BCUT2D eigenvalue weighted by molar-refractivity contribution is -0.130. The van der Waals surface area contributed by atoms with Crippen molar-refractivity contribution in [1.29, 1.82) is 0 Å². The number of anilines is 1. The minimum absolute atomic E-state index is 0. The van der Waals surface area contributed by atoms with Crippen LogP contribution in [0.5, 0.6) is 0 Å². The van der Waals surface area contributed by atoms with Crippen molar-refractivity contribution in [3.63, 3.8) is 0 Å². The Morgan fingerprint density at radius 3 is 2.39 bits per heavy atom. The van der Waals surface area contributed by atoms with E-state index in [-0.39, 0.29) is 41.5 Å². The fraction of sp³-hybridized carbons (Fsp3) is 0.400. The van der Waals surface area contributed by atoms with E-state index in [0.29, 0.717) is 37.1 Å². The highest BCUT2D eigenvalue weighted by atomic mass is 35.5. The maximum atomic E-state index is 13.8. The molecule has 1 aromatic heterocycles. The van der Waals surface area contributed by atoms with Crippen LogP contribution in [0, 0.1) is 18.8 Å². The highest BCUT2D eigenvalue weighted by Crippen LogP contribution is 2.31. The molecule has 0 unspecified atom stereocenters. The Kier molecular flexibility index (Phi) is 11.8. The number of nitrogens with one attached hydrogen (secondary N) is 3. The summed E-state index contributed by atoms with van der Waals surface area (Å²) in [7, 11) is -3.59. The molecule has 0 bridgehead atoms. The molecule has 2 heterocycles.